The summed E-state index contributed by atoms with van der Waals surface area (Å²) in [5, 5.41) is 6.86. The number of nitrogens with one attached hydrogen (secondary N) is 1. The molecule has 0 radical (unpaired) electrons. The Labute approximate surface area is 167 Å². The molecule has 0 aliphatic carbocycles. The number of nitrogens with zero attached hydrogens (tertiary/aromatic N) is 2. The van der Waals surface area contributed by atoms with E-state index in [1.54, 1.807) is 17.6 Å². The fourth-order valence-electron chi connectivity index (χ4n) is 2.99. The number of fused-ring (bicyclic) bond motifs is 1. The van der Waals surface area contributed by atoms with Gasteiger partial charge < -0.3 is 0 Å². The average molecular weight is 385 g/mol. The summed E-state index contributed by atoms with van der Waals surface area (Å²) in [5.74, 6) is -0.253. The molecule has 0 bridgehead atoms. The quantitative estimate of drug-likeness (QED) is 0.381. The lowest BCUT2D eigenvalue weighted by molar-refractivity contribution is 0.0957. The van der Waals surface area contributed by atoms with Crippen molar-refractivity contribution in [2.75, 3.05) is 0 Å². The predicted molar refractivity (Wildman–Crippen MR) is 116 cm³/mol. The molecule has 0 saturated carbocycles. The van der Waals surface area contributed by atoms with Gasteiger partial charge in [-0.3, -0.25) is 4.79 Å². The maximum Gasteiger partial charge on any atom is 0.272 e. The number of benzene rings is 2. The lowest BCUT2D eigenvalue weighted by Crippen LogP contribution is -2.18. The van der Waals surface area contributed by atoms with Gasteiger partial charge in [-0.1, -0.05) is 36.4 Å². The third kappa shape index (κ3) is 3.70. The molecular weight excluding hydrogens is 366 g/mol. The summed E-state index contributed by atoms with van der Waals surface area (Å²) in [5.41, 5.74) is 8.16. The second-order valence-corrected chi connectivity index (χ2v) is 7.57. The van der Waals surface area contributed by atoms with Gasteiger partial charge in [-0.2, -0.15) is 5.10 Å². The average Bonchev–Trinajstić information content (AvgIpc) is 3.22. The topological polar surface area (TPSA) is 54.4 Å². The first kappa shape index (κ1) is 18.1. The van der Waals surface area contributed by atoms with E-state index in [9.17, 15) is 4.79 Å². The largest absolute Gasteiger partial charge is 0.272 e. The zero-order chi connectivity index (χ0) is 19.5. The van der Waals surface area contributed by atoms with Crippen LogP contribution in [0.1, 0.15) is 26.4 Å². The van der Waals surface area contributed by atoms with Crippen LogP contribution < -0.4 is 5.43 Å². The van der Waals surface area contributed by atoms with E-state index in [2.05, 4.69) is 36.5 Å². The maximum absolute atomic E-state index is 12.8. The van der Waals surface area contributed by atoms with Gasteiger partial charge in [0.25, 0.3) is 5.91 Å². The zero-order valence-corrected chi connectivity index (χ0v) is 16.5. The third-order valence-corrected chi connectivity index (χ3v) is 5.47. The van der Waals surface area contributed by atoms with Crippen LogP contribution in [0.25, 0.3) is 22.2 Å². The standard InChI is InChI=1S/C23H19N3OS/c1-15-9-10-17(12-16(15)2)22-13-20(19-7-3-4-8-21(19)25-22)23(27)26-24-14-18-6-5-11-28-18/h3-14H,1-2H3,(H,26,27). The smallest absolute Gasteiger partial charge is 0.267 e. The molecule has 28 heavy (non-hydrogen) atoms. The first-order chi connectivity index (χ1) is 13.6. The summed E-state index contributed by atoms with van der Waals surface area (Å²) >= 11 is 1.56. The summed E-state index contributed by atoms with van der Waals surface area (Å²) < 4.78 is 0. The number of hydrogen-bond acceptors (Lipinski definition) is 4. The third-order valence-electron chi connectivity index (χ3n) is 4.66. The van der Waals surface area contributed by atoms with E-state index in [0.717, 1.165) is 27.0 Å². The van der Waals surface area contributed by atoms with Crippen molar-refractivity contribution in [3.05, 3.63) is 87.6 Å². The van der Waals surface area contributed by atoms with Crippen LogP contribution in [0.3, 0.4) is 0 Å². The highest BCUT2D eigenvalue weighted by Gasteiger charge is 2.14. The molecule has 2 heterocycles. The number of pyridine rings is 1. The Balaban J connectivity index is 1.73. The van der Waals surface area contributed by atoms with E-state index >= 15 is 0 Å². The van der Waals surface area contributed by atoms with Gasteiger partial charge in [-0.15, -0.1) is 11.3 Å². The summed E-state index contributed by atoms with van der Waals surface area (Å²) in [7, 11) is 0. The van der Waals surface area contributed by atoms with Gasteiger partial charge in [0.15, 0.2) is 0 Å². The number of para-hydroxylation sites is 1. The van der Waals surface area contributed by atoms with Crippen LogP contribution in [-0.2, 0) is 0 Å². The molecule has 2 aromatic heterocycles. The highest BCUT2D eigenvalue weighted by molar-refractivity contribution is 7.11. The SMILES string of the molecule is Cc1ccc(-c2cc(C(=O)NN=Cc3cccs3)c3ccccc3n2)cc1C. The second-order valence-electron chi connectivity index (χ2n) is 6.59. The Kier molecular flexibility index (Phi) is 5.00. The van der Waals surface area contributed by atoms with Crippen LogP contribution >= 0.6 is 11.3 Å². The molecule has 0 aliphatic rings. The van der Waals surface area contributed by atoms with Crippen molar-refractivity contribution in [1.29, 1.82) is 0 Å². The van der Waals surface area contributed by atoms with Gasteiger partial charge in [0.1, 0.15) is 0 Å². The Bertz CT molecular complexity index is 1180. The van der Waals surface area contributed by atoms with Crippen molar-refractivity contribution >= 4 is 34.4 Å². The molecule has 0 spiro atoms. The highest BCUT2D eigenvalue weighted by atomic mass is 32.1. The Hall–Kier alpha value is -3.31. The Morgan fingerprint density at radius 3 is 2.68 bits per heavy atom. The lowest BCUT2D eigenvalue weighted by Gasteiger charge is -2.10. The summed E-state index contributed by atoms with van der Waals surface area (Å²) in [4.78, 5) is 18.6. The predicted octanol–water partition coefficient (Wildman–Crippen LogP) is 5.34. The van der Waals surface area contributed by atoms with Crippen LogP contribution in [0, 0.1) is 13.8 Å². The number of aromatic nitrogens is 1. The molecule has 0 aliphatic heterocycles. The summed E-state index contributed by atoms with van der Waals surface area (Å²) in [6.07, 6.45) is 1.65. The summed E-state index contributed by atoms with van der Waals surface area (Å²) in [6.45, 7) is 4.16. The zero-order valence-electron chi connectivity index (χ0n) is 15.6. The number of carbonyl (C=O) groups is 1. The normalized spacial score (nSPS) is 11.2. The van der Waals surface area contributed by atoms with Crippen molar-refractivity contribution in [2.24, 2.45) is 5.10 Å². The monoisotopic (exact) mass is 385 g/mol. The molecular formula is C23H19N3OS. The maximum atomic E-state index is 12.8. The number of amides is 1. The number of hydrazone groups is 1. The molecule has 4 rings (SSSR count). The number of carbonyl (C=O) groups excluding carboxylic acids is 1. The molecule has 1 amide bonds. The van der Waals surface area contributed by atoms with Crippen molar-refractivity contribution in [1.82, 2.24) is 10.4 Å². The van der Waals surface area contributed by atoms with E-state index in [0.29, 0.717) is 5.56 Å². The number of rotatable bonds is 4. The highest BCUT2D eigenvalue weighted by Crippen LogP contribution is 2.26. The van der Waals surface area contributed by atoms with Gasteiger partial charge in [-0.25, -0.2) is 10.4 Å². The van der Waals surface area contributed by atoms with E-state index < -0.39 is 0 Å². The first-order valence-electron chi connectivity index (χ1n) is 8.96. The number of thiophene rings is 1. The molecule has 4 nitrogen and oxygen atoms in total. The first-order valence-corrected chi connectivity index (χ1v) is 9.84. The molecule has 0 saturated heterocycles. The van der Waals surface area contributed by atoms with E-state index in [4.69, 9.17) is 4.98 Å². The molecule has 0 atom stereocenters. The van der Waals surface area contributed by atoms with Gasteiger partial charge in [0.05, 0.1) is 23.0 Å². The fraction of sp³-hybridized carbons (Fsp3) is 0.0870. The van der Waals surface area contributed by atoms with Crippen molar-refractivity contribution in [3.63, 3.8) is 0 Å². The van der Waals surface area contributed by atoms with Crippen LogP contribution in [0.2, 0.25) is 0 Å². The number of hydrogen-bond donors (Lipinski definition) is 1. The van der Waals surface area contributed by atoms with Gasteiger partial charge in [0.2, 0.25) is 0 Å². The molecule has 0 unspecified atom stereocenters. The lowest BCUT2D eigenvalue weighted by atomic mass is 10.0. The van der Waals surface area contributed by atoms with Crippen LogP contribution in [-0.4, -0.2) is 17.1 Å². The van der Waals surface area contributed by atoms with E-state index in [1.165, 1.54) is 11.1 Å². The van der Waals surface area contributed by atoms with Crippen LogP contribution in [0.15, 0.2) is 71.1 Å². The fourth-order valence-corrected chi connectivity index (χ4v) is 3.58. The van der Waals surface area contributed by atoms with Crippen molar-refractivity contribution in [2.45, 2.75) is 13.8 Å². The molecule has 1 N–H and O–H groups in total. The van der Waals surface area contributed by atoms with Crippen LogP contribution in [0.4, 0.5) is 0 Å². The minimum atomic E-state index is -0.253. The van der Waals surface area contributed by atoms with Crippen molar-refractivity contribution in [3.8, 4) is 11.3 Å². The molecule has 5 heteroatoms. The summed E-state index contributed by atoms with van der Waals surface area (Å²) in [6, 6.07) is 19.6. The van der Waals surface area contributed by atoms with Crippen LogP contribution in [0.5, 0.6) is 0 Å². The Morgan fingerprint density at radius 1 is 1.04 bits per heavy atom. The minimum Gasteiger partial charge on any atom is -0.267 e. The number of aryl methyl sites for hydroxylation is 2. The second kappa shape index (κ2) is 7.74. The van der Waals surface area contributed by atoms with E-state index in [1.807, 2.05) is 53.9 Å². The van der Waals surface area contributed by atoms with Gasteiger partial charge >= 0.3 is 0 Å². The molecule has 138 valence electrons. The molecule has 4 aromatic rings. The van der Waals surface area contributed by atoms with Gasteiger partial charge in [-0.05, 0) is 54.6 Å². The van der Waals surface area contributed by atoms with E-state index in [-0.39, 0.29) is 5.91 Å². The molecule has 2 aromatic carbocycles. The Morgan fingerprint density at radius 2 is 1.89 bits per heavy atom. The van der Waals surface area contributed by atoms with Gasteiger partial charge in [0, 0.05) is 15.8 Å². The molecule has 0 fully saturated rings. The minimum absolute atomic E-state index is 0.253. The van der Waals surface area contributed by atoms with Crippen molar-refractivity contribution < 1.29 is 4.79 Å².